The standard InChI is InChI=1S/C19H23BrN2O2/c1-3-10-24-16-8-7-14(20)11-13(16)12-21-22-18(23)17-15-6-4-5-9-19(15,17)2/h3,7-8,11-12,15,17H,1,4-6,9-10H2,2H3,(H,22,23)/b21-12-/t15-,17-,19+/m0/s1. The van der Waals surface area contributed by atoms with Crippen molar-refractivity contribution in [3.63, 3.8) is 0 Å². The van der Waals surface area contributed by atoms with Gasteiger partial charge in [-0.1, -0.05) is 48.4 Å². The van der Waals surface area contributed by atoms with Crippen LogP contribution in [-0.4, -0.2) is 18.7 Å². The summed E-state index contributed by atoms with van der Waals surface area (Å²) in [5.41, 5.74) is 3.73. The molecule has 2 aliphatic rings. The zero-order valence-corrected chi connectivity index (χ0v) is 15.5. The largest absolute Gasteiger partial charge is 0.489 e. The number of hydrazone groups is 1. The summed E-state index contributed by atoms with van der Waals surface area (Å²) in [5, 5.41) is 4.15. The molecule has 0 saturated heterocycles. The summed E-state index contributed by atoms with van der Waals surface area (Å²) in [7, 11) is 0. The number of carbonyl (C=O) groups excluding carboxylic acids is 1. The molecule has 0 unspecified atom stereocenters. The minimum absolute atomic E-state index is 0.0456. The van der Waals surface area contributed by atoms with E-state index in [0.717, 1.165) is 16.5 Å². The number of amides is 1. The number of ether oxygens (including phenoxy) is 1. The molecule has 1 N–H and O–H groups in total. The molecule has 2 saturated carbocycles. The Kier molecular flexibility index (Phi) is 5.09. The maximum atomic E-state index is 12.4. The van der Waals surface area contributed by atoms with Crippen LogP contribution in [0, 0.1) is 17.3 Å². The van der Waals surface area contributed by atoms with Crippen LogP contribution in [0.2, 0.25) is 0 Å². The number of halogens is 1. The molecule has 0 aromatic heterocycles. The molecular formula is C19H23BrN2O2. The summed E-state index contributed by atoms with van der Waals surface area (Å²) in [4.78, 5) is 12.4. The second-order valence-corrected chi connectivity index (χ2v) is 7.77. The SMILES string of the molecule is C=CCOc1ccc(Br)cc1/C=N\NC(=O)[C@@H]1[C@@H]2CCCC[C@@]12C. The van der Waals surface area contributed by atoms with Crippen molar-refractivity contribution in [3.05, 3.63) is 40.9 Å². The highest BCUT2D eigenvalue weighted by Gasteiger charge is 2.64. The van der Waals surface area contributed by atoms with Crippen molar-refractivity contribution in [3.8, 4) is 5.75 Å². The highest BCUT2D eigenvalue weighted by molar-refractivity contribution is 9.10. The van der Waals surface area contributed by atoms with Crippen LogP contribution < -0.4 is 10.2 Å². The van der Waals surface area contributed by atoms with Crippen molar-refractivity contribution in [2.75, 3.05) is 6.61 Å². The van der Waals surface area contributed by atoms with Gasteiger partial charge in [0.15, 0.2) is 0 Å². The van der Waals surface area contributed by atoms with E-state index >= 15 is 0 Å². The fourth-order valence-corrected chi connectivity index (χ4v) is 4.36. The first-order chi connectivity index (χ1) is 11.6. The Bertz CT molecular complexity index is 673. The molecule has 24 heavy (non-hydrogen) atoms. The molecule has 0 heterocycles. The minimum Gasteiger partial charge on any atom is -0.489 e. The predicted molar refractivity (Wildman–Crippen MR) is 99.1 cm³/mol. The Morgan fingerprint density at radius 2 is 2.38 bits per heavy atom. The Morgan fingerprint density at radius 3 is 3.08 bits per heavy atom. The molecule has 1 amide bonds. The molecule has 0 bridgehead atoms. The van der Waals surface area contributed by atoms with Crippen LogP contribution >= 0.6 is 15.9 Å². The molecular weight excluding hydrogens is 368 g/mol. The van der Waals surface area contributed by atoms with Crippen LogP contribution in [0.25, 0.3) is 0 Å². The second kappa shape index (κ2) is 7.09. The molecule has 0 aliphatic heterocycles. The summed E-state index contributed by atoms with van der Waals surface area (Å²) < 4.78 is 6.54. The maximum absolute atomic E-state index is 12.4. The van der Waals surface area contributed by atoms with Crippen molar-refractivity contribution < 1.29 is 9.53 Å². The van der Waals surface area contributed by atoms with Gasteiger partial charge >= 0.3 is 0 Å². The fraction of sp³-hybridized carbons (Fsp3) is 0.474. The van der Waals surface area contributed by atoms with Crippen LogP contribution in [0.4, 0.5) is 0 Å². The highest BCUT2D eigenvalue weighted by atomic mass is 79.9. The Morgan fingerprint density at radius 1 is 1.54 bits per heavy atom. The quantitative estimate of drug-likeness (QED) is 0.447. The van der Waals surface area contributed by atoms with E-state index in [-0.39, 0.29) is 17.2 Å². The van der Waals surface area contributed by atoms with Crippen molar-refractivity contribution in [1.82, 2.24) is 5.43 Å². The van der Waals surface area contributed by atoms with Gasteiger partial charge in [-0.25, -0.2) is 5.43 Å². The third-order valence-corrected chi connectivity index (χ3v) is 5.81. The zero-order chi connectivity index (χ0) is 17.2. The first-order valence-electron chi connectivity index (χ1n) is 8.42. The lowest BCUT2D eigenvalue weighted by Crippen LogP contribution is -2.22. The van der Waals surface area contributed by atoms with Gasteiger partial charge in [0.05, 0.1) is 6.21 Å². The number of benzene rings is 1. The van der Waals surface area contributed by atoms with Gasteiger partial charge in [-0.3, -0.25) is 4.79 Å². The van der Waals surface area contributed by atoms with Gasteiger partial charge in [-0.05, 0) is 42.4 Å². The topological polar surface area (TPSA) is 50.7 Å². The van der Waals surface area contributed by atoms with Crippen LogP contribution in [-0.2, 0) is 4.79 Å². The number of carbonyl (C=O) groups is 1. The van der Waals surface area contributed by atoms with Crippen LogP contribution in [0.3, 0.4) is 0 Å². The van der Waals surface area contributed by atoms with Crippen molar-refractivity contribution in [2.24, 2.45) is 22.4 Å². The van der Waals surface area contributed by atoms with Crippen LogP contribution in [0.5, 0.6) is 5.75 Å². The van der Waals surface area contributed by atoms with E-state index in [0.29, 0.717) is 18.3 Å². The Hall–Kier alpha value is -1.62. The van der Waals surface area contributed by atoms with E-state index < -0.39 is 0 Å². The number of hydrogen-bond acceptors (Lipinski definition) is 3. The van der Waals surface area contributed by atoms with E-state index in [1.807, 2.05) is 18.2 Å². The number of nitrogens with one attached hydrogen (secondary N) is 1. The first-order valence-corrected chi connectivity index (χ1v) is 9.22. The molecule has 0 radical (unpaired) electrons. The molecule has 2 aliphatic carbocycles. The number of fused-ring (bicyclic) bond motifs is 1. The van der Waals surface area contributed by atoms with Crippen molar-refractivity contribution >= 4 is 28.1 Å². The monoisotopic (exact) mass is 390 g/mol. The molecule has 128 valence electrons. The van der Waals surface area contributed by atoms with E-state index in [1.165, 1.54) is 19.3 Å². The van der Waals surface area contributed by atoms with Crippen molar-refractivity contribution in [2.45, 2.75) is 32.6 Å². The minimum atomic E-state index is 0.0456. The summed E-state index contributed by atoms with van der Waals surface area (Å²) in [6, 6.07) is 5.68. The van der Waals surface area contributed by atoms with E-state index in [4.69, 9.17) is 4.74 Å². The first kappa shape index (κ1) is 17.2. The summed E-state index contributed by atoms with van der Waals surface area (Å²) in [6.45, 7) is 6.32. The number of hydrogen-bond donors (Lipinski definition) is 1. The average Bonchev–Trinajstić information content (AvgIpc) is 3.19. The third-order valence-electron chi connectivity index (χ3n) is 5.32. The fourth-order valence-electron chi connectivity index (χ4n) is 3.99. The van der Waals surface area contributed by atoms with Gasteiger partial charge in [0, 0.05) is 16.0 Å². The lowest BCUT2D eigenvalue weighted by Gasteiger charge is -2.15. The smallest absolute Gasteiger partial charge is 0.244 e. The molecule has 4 nitrogen and oxygen atoms in total. The lowest BCUT2D eigenvalue weighted by molar-refractivity contribution is -0.123. The van der Waals surface area contributed by atoms with Gasteiger partial charge in [-0.2, -0.15) is 5.10 Å². The molecule has 1 aromatic carbocycles. The Labute approximate surface area is 151 Å². The van der Waals surface area contributed by atoms with E-state index in [2.05, 4.69) is 40.0 Å². The highest BCUT2D eigenvalue weighted by Crippen LogP contribution is 2.66. The molecule has 2 fully saturated rings. The zero-order valence-electron chi connectivity index (χ0n) is 13.9. The average molecular weight is 391 g/mol. The molecule has 3 atom stereocenters. The summed E-state index contributed by atoms with van der Waals surface area (Å²) in [5.74, 6) is 1.42. The number of rotatable bonds is 6. The lowest BCUT2D eigenvalue weighted by atomic mass is 9.90. The second-order valence-electron chi connectivity index (χ2n) is 6.85. The summed E-state index contributed by atoms with van der Waals surface area (Å²) >= 11 is 3.44. The molecule has 1 aromatic rings. The van der Waals surface area contributed by atoms with Crippen LogP contribution in [0.1, 0.15) is 38.2 Å². The van der Waals surface area contributed by atoms with Crippen LogP contribution in [0.15, 0.2) is 40.4 Å². The van der Waals surface area contributed by atoms with Gasteiger partial charge in [0.2, 0.25) is 5.91 Å². The molecule has 3 rings (SSSR count). The van der Waals surface area contributed by atoms with Gasteiger partial charge in [0.25, 0.3) is 0 Å². The normalized spacial score (nSPS) is 28.2. The van der Waals surface area contributed by atoms with E-state index in [1.54, 1.807) is 12.3 Å². The predicted octanol–water partition coefficient (Wildman–Crippen LogP) is 4.29. The summed E-state index contributed by atoms with van der Waals surface area (Å²) in [6.07, 6.45) is 8.14. The van der Waals surface area contributed by atoms with E-state index in [9.17, 15) is 4.79 Å². The number of nitrogens with zero attached hydrogens (tertiary/aromatic N) is 1. The molecule has 5 heteroatoms. The van der Waals surface area contributed by atoms with Gasteiger partial charge < -0.3 is 4.74 Å². The van der Waals surface area contributed by atoms with Crippen molar-refractivity contribution in [1.29, 1.82) is 0 Å². The van der Waals surface area contributed by atoms with Gasteiger partial charge in [0.1, 0.15) is 12.4 Å². The molecule has 0 spiro atoms. The maximum Gasteiger partial charge on any atom is 0.244 e. The Balaban J connectivity index is 1.63. The third kappa shape index (κ3) is 3.41. The van der Waals surface area contributed by atoms with Gasteiger partial charge in [-0.15, -0.1) is 0 Å².